The Hall–Kier alpha value is -1.20. The van der Waals surface area contributed by atoms with Gasteiger partial charge in [0.15, 0.2) is 0 Å². The van der Waals surface area contributed by atoms with Gasteiger partial charge in [-0.1, -0.05) is 0 Å². The summed E-state index contributed by atoms with van der Waals surface area (Å²) in [6.45, 7) is 4.98. The Morgan fingerprint density at radius 2 is 2.14 bits per heavy atom. The minimum Gasteiger partial charge on any atom is -0.378 e. The molecule has 0 N–H and O–H groups in total. The number of anilines is 1. The summed E-state index contributed by atoms with van der Waals surface area (Å²) in [7, 11) is 0. The number of ether oxygens (including phenoxy) is 1. The minimum atomic E-state index is 0.428. The van der Waals surface area contributed by atoms with Gasteiger partial charge >= 0.3 is 0 Å². The Balaban J connectivity index is 1.65. The molecular formula is C16H21N3OS. The summed E-state index contributed by atoms with van der Waals surface area (Å²) < 4.78 is 5.76. The van der Waals surface area contributed by atoms with Crippen molar-refractivity contribution in [2.75, 3.05) is 24.6 Å². The van der Waals surface area contributed by atoms with Crippen LogP contribution in [-0.4, -0.2) is 35.8 Å². The molecule has 5 heteroatoms. The first-order valence-corrected chi connectivity index (χ1v) is 8.80. The molecule has 0 spiro atoms. The number of hydrogen-bond donors (Lipinski definition) is 0. The summed E-state index contributed by atoms with van der Waals surface area (Å²) in [5.74, 6) is 1.16. The van der Waals surface area contributed by atoms with Crippen LogP contribution in [0.15, 0.2) is 6.33 Å². The van der Waals surface area contributed by atoms with Gasteiger partial charge in [-0.3, -0.25) is 0 Å². The molecule has 0 saturated carbocycles. The second-order valence-electron chi connectivity index (χ2n) is 5.88. The highest BCUT2D eigenvalue weighted by Crippen LogP contribution is 2.40. The van der Waals surface area contributed by atoms with Crippen molar-refractivity contribution in [2.24, 2.45) is 0 Å². The van der Waals surface area contributed by atoms with Crippen molar-refractivity contribution in [3.8, 4) is 0 Å². The van der Waals surface area contributed by atoms with Crippen LogP contribution >= 0.6 is 11.3 Å². The SMILES string of the molecule is CCOC1CCN(c2ncnc3sc4c(c23)CCC4)CC1. The summed E-state index contributed by atoms with van der Waals surface area (Å²) >= 11 is 1.87. The lowest BCUT2D eigenvalue weighted by Crippen LogP contribution is -2.37. The van der Waals surface area contributed by atoms with Crippen LogP contribution in [0.3, 0.4) is 0 Å². The first-order valence-electron chi connectivity index (χ1n) is 7.98. The van der Waals surface area contributed by atoms with Gasteiger partial charge < -0.3 is 9.64 Å². The summed E-state index contributed by atoms with van der Waals surface area (Å²) in [6.07, 6.45) is 8.08. The summed E-state index contributed by atoms with van der Waals surface area (Å²) in [5.41, 5.74) is 1.53. The smallest absolute Gasteiger partial charge is 0.141 e. The quantitative estimate of drug-likeness (QED) is 0.873. The third kappa shape index (κ3) is 2.32. The van der Waals surface area contributed by atoms with E-state index in [0.717, 1.165) is 38.4 Å². The third-order valence-electron chi connectivity index (χ3n) is 4.63. The molecule has 4 rings (SSSR count). The molecule has 0 unspecified atom stereocenters. The Morgan fingerprint density at radius 1 is 1.29 bits per heavy atom. The average Bonchev–Trinajstić information content (AvgIpc) is 3.08. The van der Waals surface area contributed by atoms with E-state index in [-0.39, 0.29) is 0 Å². The maximum absolute atomic E-state index is 5.76. The van der Waals surface area contributed by atoms with Gasteiger partial charge in [0.05, 0.1) is 11.5 Å². The van der Waals surface area contributed by atoms with E-state index in [1.165, 1.54) is 39.9 Å². The number of fused-ring (bicyclic) bond motifs is 3. The molecule has 0 radical (unpaired) electrons. The Morgan fingerprint density at radius 3 is 2.95 bits per heavy atom. The summed E-state index contributed by atoms with van der Waals surface area (Å²) in [4.78, 5) is 14.3. The highest BCUT2D eigenvalue weighted by atomic mass is 32.1. The van der Waals surface area contributed by atoms with E-state index in [1.54, 1.807) is 6.33 Å². The monoisotopic (exact) mass is 303 g/mol. The maximum atomic E-state index is 5.76. The van der Waals surface area contributed by atoms with Crippen LogP contribution in [0.25, 0.3) is 10.2 Å². The average molecular weight is 303 g/mol. The fourth-order valence-corrected chi connectivity index (χ4v) is 4.85. The lowest BCUT2D eigenvalue weighted by Gasteiger charge is -2.33. The molecule has 0 amide bonds. The predicted molar refractivity (Wildman–Crippen MR) is 86.3 cm³/mol. The Kier molecular flexibility index (Phi) is 3.55. The molecule has 1 aliphatic carbocycles. The summed E-state index contributed by atoms with van der Waals surface area (Å²) in [5, 5.41) is 1.34. The molecule has 1 saturated heterocycles. The standard InChI is InChI=1S/C16H21N3OS/c1-2-20-11-6-8-19(9-7-11)15-14-12-4-3-5-13(12)21-16(14)18-10-17-15/h10-11H,2-9H2,1H3. The second-order valence-corrected chi connectivity index (χ2v) is 6.96. The zero-order chi connectivity index (χ0) is 14.2. The molecule has 3 heterocycles. The Bertz CT molecular complexity index is 646. The maximum Gasteiger partial charge on any atom is 0.141 e. The van der Waals surface area contributed by atoms with E-state index in [4.69, 9.17) is 4.74 Å². The molecule has 1 fully saturated rings. The van der Waals surface area contributed by atoms with Crippen molar-refractivity contribution in [3.05, 3.63) is 16.8 Å². The third-order valence-corrected chi connectivity index (χ3v) is 5.83. The van der Waals surface area contributed by atoms with Gasteiger partial charge in [-0.05, 0) is 44.6 Å². The first-order chi connectivity index (χ1) is 10.4. The van der Waals surface area contributed by atoms with E-state index in [1.807, 2.05) is 11.3 Å². The number of aryl methyl sites for hydroxylation is 2. The van der Waals surface area contributed by atoms with E-state index >= 15 is 0 Å². The van der Waals surface area contributed by atoms with E-state index in [0.29, 0.717) is 6.10 Å². The molecule has 4 nitrogen and oxygen atoms in total. The molecule has 2 aromatic heterocycles. The largest absolute Gasteiger partial charge is 0.378 e. The van der Waals surface area contributed by atoms with Gasteiger partial charge in [0.2, 0.25) is 0 Å². The number of piperidine rings is 1. The van der Waals surface area contributed by atoms with E-state index < -0.39 is 0 Å². The second kappa shape index (κ2) is 5.54. The molecule has 112 valence electrons. The zero-order valence-electron chi connectivity index (χ0n) is 12.5. The van der Waals surface area contributed by atoms with Crippen LogP contribution in [-0.2, 0) is 17.6 Å². The van der Waals surface area contributed by atoms with E-state index in [9.17, 15) is 0 Å². The number of thiophene rings is 1. The van der Waals surface area contributed by atoms with Crippen LogP contribution in [0, 0.1) is 0 Å². The number of nitrogens with zero attached hydrogens (tertiary/aromatic N) is 3. The van der Waals surface area contributed by atoms with Crippen LogP contribution in [0.4, 0.5) is 5.82 Å². The lowest BCUT2D eigenvalue weighted by atomic mass is 10.1. The van der Waals surface area contributed by atoms with Crippen molar-refractivity contribution in [3.63, 3.8) is 0 Å². The topological polar surface area (TPSA) is 38.2 Å². The highest BCUT2D eigenvalue weighted by molar-refractivity contribution is 7.19. The molecule has 2 aliphatic rings. The van der Waals surface area contributed by atoms with Gasteiger partial charge in [0, 0.05) is 24.6 Å². The molecule has 21 heavy (non-hydrogen) atoms. The number of aromatic nitrogens is 2. The number of hydrogen-bond acceptors (Lipinski definition) is 5. The van der Waals surface area contributed by atoms with Crippen LogP contribution in [0.5, 0.6) is 0 Å². The predicted octanol–water partition coefficient (Wildman–Crippen LogP) is 3.19. The molecule has 0 aromatic carbocycles. The first kappa shape index (κ1) is 13.5. The van der Waals surface area contributed by atoms with Gasteiger partial charge in [-0.25, -0.2) is 9.97 Å². The Labute approximate surface area is 129 Å². The van der Waals surface area contributed by atoms with Crippen LogP contribution in [0.1, 0.15) is 36.6 Å². The molecule has 0 atom stereocenters. The van der Waals surface area contributed by atoms with Crippen LogP contribution in [0.2, 0.25) is 0 Å². The fraction of sp³-hybridized carbons (Fsp3) is 0.625. The van der Waals surface area contributed by atoms with Crippen molar-refractivity contribution in [1.29, 1.82) is 0 Å². The van der Waals surface area contributed by atoms with E-state index in [2.05, 4.69) is 21.8 Å². The minimum absolute atomic E-state index is 0.428. The number of rotatable bonds is 3. The lowest BCUT2D eigenvalue weighted by molar-refractivity contribution is 0.0459. The van der Waals surface area contributed by atoms with Crippen molar-refractivity contribution in [1.82, 2.24) is 9.97 Å². The zero-order valence-corrected chi connectivity index (χ0v) is 13.3. The summed E-state index contributed by atoms with van der Waals surface area (Å²) in [6, 6.07) is 0. The van der Waals surface area contributed by atoms with Crippen molar-refractivity contribution in [2.45, 2.75) is 45.1 Å². The molecule has 2 aromatic rings. The van der Waals surface area contributed by atoms with Crippen molar-refractivity contribution >= 4 is 27.4 Å². The molecular weight excluding hydrogens is 282 g/mol. The normalized spacial score (nSPS) is 19.4. The molecule has 0 bridgehead atoms. The van der Waals surface area contributed by atoms with Gasteiger partial charge in [0.25, 0.3) is 0 Å². The van der Waals surface area contributed by atoms with Crippen molar-refractivity contribution < 1.29 is 4.74 Å². The molecule has 1 aliphatic heterocycles. The van der Waals surface area contributed by atoms with Gasteiger partial charge in [-0.15, -0.1) is 11.3 Å². The van der Waals surface area contributed by atoms with Gasteiger partial charge in [0.1, 0.15) is 17.0 Å². The van der Waals surface area contributed by atoms with Gasteiger partial charge in [-0.2, -0.15) is 0 Å². The fourth-order valence-electron chi connectivity index (χ4n) is 3.62. The highest BCUT2D eigenvalue weighted by Gasteiger charge is 2.26. The van der Waals surface area contributed by atoms with Crippen LogP contribution < -0.4 is 4.90 Å².